The Balaban J connectivity index is 2.75. The molecule has 2 rings (SSSR count). The molecule has 100 valence electrons. The summed E-state index contributed by atoms with van der Waals surface area (Å²) in [5.41, 5.74) is -2.10. The van der Waals surface area contributed by atoms with Gasteiger partial charge in [0.15, 0.2) is 0 Å². The van der Waals surface area contributed by atoms with E-state index in [0.29, 0.717) is 0 Å². The van der Waals surface area contributed by atoms with Crippen molar-refractivity contribution in [3.63, 3.8) is 0 Å². The number of nitrogens with one attached hydrogen (secondary N) is 1. The van der Waals surface area contributed by atoms with Gasteiger partial charge < -0.3 is 4.98 Å². The lowest BCUT2D eigenvalue weighted by molar-refractivity contribution is -0.140. The van der Waals surface area contributed by atoms with Gasteiger partial charge in [0.1, 0.15) is 5.69 Å². The van der Waals surface area contributed by atoms with Gasteiger partial charge in [-0.25, -0.2) is 0 Å². The van der Waals surface area contributed by atoms with Crippen molar-refractivity contribution in [3.05, 3.63) is 56.4 Å². The predicted molar refractivity (Wildman–Crippen MR) is 67.5 cm³/mol. The minimum Gasteiger partial charge on any atom is -0.318 e. The number of benzene rings is 1. The topological polar surface area (TPSA) is 32.9 Å². The molecule has 2 aromatic rings. The Hall–Kier alpha value is -1.46. The number of aromatic amines is 1. The maximum atomic E-state index is 12.9. The summed E-state index contributed by atoms with van der Waals surface area (Å²) in [7, 11) is 0. The van der Waals surface area contributed by atoms with E-state index in [-0.39, 0.29) is 21.2 Å². The first-order valence-corrected chi connectivity index (χ1v) is 5.80. The van der Waals surface area contributed by atoms with Crippen LogP contribution in [-0.2, 0) is 6.18 Å². The minimum absolute atomic E-state index is 0.109. The fraction of sp³-hybridized carbons (Fsp3) is 0.0833. The lowest BCUT2D eigenvalue weighted by atomic mass is 10.0. The third-order valence-electron chi connectivity index (χ3n) is 2.42. The van der Waals surface area contributed by atoms with Gasteiger partial charge in [0.25, 0.3) is 0 Å². The number of hydrogen-bond acceptors (Lipinski definition) is 1. The van der Waals surface area contributed by atoms with E-state index < -0.39 is 17.4 Å². The molecular weight excluding hydrogens is 302 g/mol. The molecule has 0 aliphatic carbocycles. The molecule has 0 amide bonds. The molecule has 0 fully saturated rings. The number of H-pyrrole nitrogens is 1. The monoisotopic (exact) mass is 307 g/mol. The van der Waals surface area contributed by atoms with E-state index in [1.165, 1.54) is 18.2 Å². The second-order valence-corrected chi connectivity index (χ2v) is 4.58. The third kappa shape index (κ3) is 2.93. The highest BCUT2D eigenvalue weighted by Gasteiger charge is 2.35. The fourth-order valence-corrected chi connectivity index (χ4v) is 2.02. The quantitative estimate of drug-likeness (QED) is 0.834. The Labute approximate surface area is 115 Å². The molecule has 0 saturated carbocycles. The average molecular weight is 308 g/mol. The Kier molecular flexibility index (Phi) is 3.60. The number of pyridine rings is 1. The third-order valence-corrected chi connectivity index (χ3v) is 2.99. The van der Waals surface area contributed by atoms with Crippen LogP contribution in [0.3, 0.4) is 0 Å². The van der Waals surface area contributed by atoms with Crippen molar-refractivity contribution in [1.29, 1.82) is 0 Å². The van der Waals surface area contributed by atoms with Crippen LogP contribution in [0.2, 0.25) is 10.0 Å². The summed E-state index contributed by atoms with van der Waals surface area (Å²) in [6, 6.07) is 6.24. The van der Waals surface area contributed by atoms with Crippen molar-refractivity contribution in [1.82, 2.24) is 4.98 Å². The molecule has 0 aliphatic rings. The van der Waals surface area contributed by atoms with Gasteiger partial charge in [0.2, 0.25) is 5.56 Å². The van der Waals surface area contributed by atoms with Crippen molar-refractivity contribution < 1.29 is 13.2 Å². The molecule has 1 aromatic heterocycles. The predicted octanol–water partition coefficient (Wildman–Crippen LogP) is 4.37. The van der Waals surface area contributed by atoms with E-state index in [1.807, 2.05) is 0 Å². The largest absolute Gasteiger partial charge is 0.431 e. The van der Waals surface area contributed by atoms with E-state index in [2.05, 4.69) is 0 Å². The molecule has 0 bridgehead atoms. The summed E-state index contributed by atoms with van der Waals surface area (Å²) in [6.07, 6.45) is -4.69. The van der Waals surface area contributed by atoms with Gasteiger partial charge >= 0.3 is 6.18 Å². The van der Waals surface area contributed by atoms with Crippen LogP contribution in [0.25, 0.3) is 11.1 Å². The first-order chi connectivity index (χ1) is 8.79. The highest BCUT2D eigenvalue weighted by Crippen LogP contribution is 2.38. The Morgan fingerprint density at radius 2 is 1.68 bits per heavy atom. The minimum atomic E-state index is -4.69. The van der Waals surface area contributed by atoms with Gasteiger partial charge in [-0.2, -0.15) is 13.2 Å². The summed E-state index contributed by atoms with van der Waals surface area (Å²) in [6.45, 7) is 0. The van der Waals surface area contributed by atoms with Crippen LogP contribution >= 0.6 is 23.2 Å². The standard InChI is InChI=1S/C12H6Cl2F3NO/c13-6-1-3-9(14)8(5-6)7-2-4-10(19)18-11(7)12(15,16)17/h1-5H,(H,18,19). The number of hydrogen-bond donors (Lipinski definition) is 1. The van der Waals surface area contributed by atoms with Crippen molar-refractivity contribution in [2.75, 3.05) is 0 Å². The molecule has 1 aromatic carbocycles. The van der Waals surface area contributed by atoms with Crippen LogP contribution < -0.4 is 5.56 Å². The molecule has 0 atom stereocenters. The maximum Gasteiger partial charge on any atom is 0.431 e. The van der Waals surface area contributed by atoms with E-state index in [0.717, 1.165) is 12.1 Å². The molecular formula is C12H6Cl2F3NO. The van der Waals surface area contributed by atoms with Crippen molar-refractivity contribution in [2.24, 2.45) is 0 Å². The molecule has 1 N–H and O–H groups in total. The Morgan fingerprint density at radius 1 is 1.00 bits per heavy atom. The van der Waals surface area contributed by atoms with Gasteiger partial charge in [-0.05, 0) is 24.3 Å². The van der Waals surface area contributed by atoms with Crippen LogP contribution in [-0.4, -0.2) is 4.98 Å². The highest BCUT2D eigenvalue weighted by atomic mass is 35.5. The van der Waals surface area contributed by atoms with Crippen molar-refractivity contribution in [3.8, 4) is 11.1 Å². The molecule has 0 unspecified atom stereocenters. The highest BCUT2D eigenvalue weighted by molar-refractivity contribution is 6.35. The van der Waals surface area contributed by atoms with Crippen LogP contribution in [0.5, 0.6) is 0 Å². The molecule has 19 heavy (non-hydrogen) atoms. The smallest absolute Gasteiger partial charge is 0.318 e. The zero-order chi connectivity index (χ0) is 14.2. The first kappa shape index (κ1) is 14.0. The zero-order valence-electron chi connectivity index (χ0n) is 9.18. The summed E-state index contributed by atoms with van der Waals surface area (Å²) in [5.74, 6) is 0. The Bertz CT molecular complexity index is 679. The Morgan fingerprint density at radius 3 is 2.32 bits per heavy atom. The molecule has 0 aliphatic heterocycles. The second-order valence-electron chi connectivity index (χ2n) is 3.73. The molecule has 0 radical (unpaired) electrons. The van der Waals surface area contributed by atoms with Gasteiger partial charge in [-0.1, -0.05) is 23.2 Å². The van der Waals surface area contributed by atoms with E-state index in [9.17, 15) is 18.0 Å². The summed E-state index contributed by atoms with van der Waals surface area (Å²) < 4.78 is 38.7. The van der Waals surface area contributed by atoms with Gasteiger partial charge in [0, 0.05) is 27.2 Å². The van der Waals surface area contributed by atoms with E-state index >= 15 is 0 Å². The normalized spacial score (nSPS) is 11.6. The summed E-state index contributed by atoms with van der Waals surface area (Å²) in [5, 5.41) is 0.362. The van der Waals surface area contributed by atoms with Gasteiger partial charge in [-0.15, -0.1) is 0 Å². The molecule has 0 saturated heterocycles. The maximum absolute atomic E-state index is 12.9. The zero-order valence-corrected chi connectivity index (χ0v) is 10.7. The molecule has 2 nitrogen and oxygen atoms in total. The summed E-state index contributed by atoms with van der Waals surface area (Å²) in [4.78, 5) is 12.8. The average Bonchev–Trinajstić information content (AvgIpc) is 2.31. The SMILES string of the molecule is O=c1ccc(-c2cc(Cl)ccc2Cl)c(C(F)(F)F)[nH]1. The molecule has 0 spiro atoms. The first-order valence-electron chi connectivity index (χ1n) is 5.05. The van der Waals surface area contributed by atoms with Gasteiger partial charge in [0.05, 0.1) is 0 Å². The van der Waals surface area contributed by atoms with Crippen LogP contribution in [0.15, 0.2) is 35.1 Å². The van der Waals surface area contributed by atoms with Crippen molar-refractivity contribution >= 4 is 23.2 Å². The number of aromatic nitrogens is 1. The summed E-state index contributed by atoms with van der Waals surface area (Å²) >= 11 is 11.6. The van der Waals surface area contributed by atoms with Crippen molar-refractivity contribution in [2.45, 2.75) is 6.18 Å². The lowest BCUT2D eigenvalue weighted by Crippen LogP contribution is -2.17. The lowest BCUT2D eigenvalue weighted by Gasteiger charge is -2.13. The number of alkyl halides is 3. The molecule has 7 heteroatoms. The van der Waals surface area contributed by atoms with Crippen LogP contribution in [0.4, 0.5) is 13.2 Å². The molecule has 1 heterocycles. The van der Waals surface area contributed by atoms with Crippen LogP contribution in [0, 0.1) is 0 Å². The van der Waals surface area contributed by atoms with E-state index in [4.69, 9.17) is 23.2 Å². The van der Waals surface area contributed by atoms with Crippen LogP contribution in [0.1, 0.15) is 5.69 Å². The number of halogens is 5. The fourth-order valence-electron chi connectivity index (χ4n) is 1.63. The van der Waals surface area contributed by atoms with Gasteiger partial charge in [-0.3, -0.25) is 4.79 Å². The van der Waals surface area contributed by atoms with E-state index in [1.54, 1.807) is 4.98 Å². The second kappa shape index (κ2) is 4.90. The number of rotatable bonds is 1.